The zero-order valence-corrected chi connectivity index (χ0v) is 9.41. The molecule has 1 aromatic carbocycles. The summed E-state index contributed by atoms with van der Waals surface area (Å²) in [5.74, 6) is 1.07. The number of anilines is 1. The van der Waals surface area contributed by atoms with Crippen LogP contribution in [-0.2, 0) is 0 Å². The van der Waals surface area contributed by atoms with Crippen molar-refractivity contribution in [2.45, 2.75) is 20.3 Å². The van der Waals surface area contributed by atoms with Gasteiger partial charge in [-0.1, -0.05) is 13.8 Å². The standard InChI is InChI=1S/C12H17NO2/c1-8(2)6-12(14)10-7-9(15-3)4-5-11(10)13/h4-5,7-8H,6,13H2,1-3H3. The Morgan fingerprint density at radius 1 is 1.47 bits per heavy atom. The zero-order chi connectivity index (χ0) is 11.4. The van der Waals surface area contributed by atoms with Gasteiger partial charge in [0.15, 0.2) is 5.78 Å². The predicted octanol–water partition coefficient (Wildman–Crippen LogP) is 2.51. The van der Waals surface area contributed by atoms with Gasteiger partial charge in [-0.3, -0.25) is 4.79 Å². The van der Waals surface area contributed by atoms with Crippen molar-refractivity contribution in [2.75, 3.05) is 12.8 Å². The van der Waals surface area contributed by atoms with Crippen LogP contribution in [0.15, 0.2) is 18.2 Å². The minimum absolute atomic E-state index is 0.0707. The second-order valence-electron chi connectivity index (χ2n) is 3.97. The molecule has 0 radical (unpaired) electrons. The van der Waals surface area contributed by atoms with E-state index in [-0.39, 0.29) is 5.78 Å². The summed E-state index contributed by atoms with van der Waals surface area (Å²) in [4.78, 5) is 11.8. The van der Waals surface area contributed by atoms with Gasteiger partial charge in [0.05, 0.1) is 7.11 Å². The van der Waals surface area contributed by atoms with Gasteiger partial charge in [-0.2, -0.15) is 0 Å². The molecule has 1 aromatic rings. The molecule has 2 N–H and O–H groups in total. The summed E-state index contributed by atoms with van der Waals surface area (Å²) in [5, 5.41) is 0. The van der Waals surface area contributed by atoms with Gasteiger partial charge in [-0.05, 0) is 24.1 Å². The molecule has 0 saturated heterocycles. The number of hydrogen-bond donors (Lipinski definition) is 1. The van der Waals surface area contributed by atoms with Crippen LogP contribution in [0.2, 0.25) is 0 Å². The highest BCUT2D eigenvalue weighted by Crippen LogP contribution is 2.21. The molecule has 0 heterocycles. The van der Waals surface area contributed by atoms with E-state index in [1.54, 1.807) is 25.3 Å². The average molecular weight is 207 g/mol. The normalized spacial score (nSPS) is 10.4. The van der Waals surface area contributed by atoms with E-state index in [2.05, 4.69) is 0 Å². The lowest BCUT2D eigenvalue weighted by molar-refractivity contribution is 0.0968. The number of hydrogen-bond acceptors (Lipinski definition) is 3. The van der Waals surface area contributed by atoms with Crippen molar-refractivity contribution >= 4 is 11.5 Å². The van der Waals surface area contributed by atoms with E-state index >= 15 is 0 Å². The number of methoxy groups -OCH3 is 1. The lowest BCUT2D eigenvalue weighted by Crippen LogP contribution is -2.07. The molecule has 0 atom stereocenters. The van der Waals surface area contributed by atoms with Crippen molar-refractivity contribution in [1.82, 2.24) is 0 Å². The monoisotopic (exact) mass is 207 g/mol. The van der Waals surface area contributed by atoms with Crippen LogP contribution in [-0.4, -0.2) is 12.9 Å². The number of ether oxygens (including phenoxy) is 1. The van der Waals surface area contributed by atoms with E-state index in [9.17, 15) is 4.79 Å². The molecule has 82 valence electrons. The number of Topliss-reactive ketones (excluding diaryl/α,β-unsaturated/α-hetero) is 1. The third kappa shape index (κ3) is 2.98. The molecule has 0 spiro atoms. The van der Waals surface area contributed by atoms with Gasteiger partial charge in [0.1, 0.15) is 5.75 Å². The molecule has 0 aliphatic rings. The first-order valence-corrected chi connectivity index (χ1v) is 5.01. The number of ketones is 1. The number of nitrogens with two attached hydrogens (primary N) is 1. The number of nitrogen functional groups attached to an aromatic ring is 1. The first kappa shape index (κ1) is 11.6. The highest BCUT2D eigenvalue weighted by molar-refractivity contribution is 6.01. The van der Waals surface area contributed by atoms with Gasteiger partial charge < -0.3 is 10.5 Å². The SMILES string of the molecule is COc1ccc(N)c(C(=O)CC(C)C)c1. The molecule has 0 aromatic heterocycles. The summed E-state index contributed by atoms with van der Waals surface area (Å²) in [7, 11) is 1.57. The quantitative estimate of drug-likeness (QED) is 0.609. The van der Waals surface area contributed by atoms with Crippen LogP contribution in [0, 0.1) is 5.92 Å². The largest absolute Gasteiger partial charge is 0.497 e. The molecule has 3 nitrogen and oxygen atoms in total. The Hall–Kier alpha value is -1.51. The maximum absolute atomic E-state index is 11.8. The second-order valence-corrected chi connectivity index (χ2v) is 3.97. The summed E-state index contributed by atoms with van der Waals surface area (Å²) in [5.41, 5.74) is 6.82. The highest BCUT2D eigenvalue weighted by atomic mass is 16.5. The van der Waals surface area contributed by atoms with Gasteiger partial charge in [0, 0.05) is 17.7 Å². The first-order valence-electron chi connectivity index (χ1n) is 5.01. The fourth-order valence-electron chi connectivity index (χ4n) is 1.38. The summed E-state index contributed by atoms with van der Waals surface area (Å²) < 4.78 is 5.06. The first-order chi connectivity index (χ1) is 7.04. The van der Waals surface area contributed by atoms with Crippen LogP contribution < -0.4 is 10.5 Å². The molecule has 15 heavy (non-hydrogen) atoms. The van der Waals surface area contributed by atoms with Crippen molar-refractivity contribution in [3.05, 3.63) is 23.8 Å². The maximum atomic E-state index is 11.8. The van der Waals surface area contributed by atoms with E-state index in [0.717, 1.165) is 0 Å². The minimum Gasteiger partial charge on any atom is -0.497 e. The van der Waals surface area contributed by atoms with Crippen LogP contribution in [0.4, 0.5) is 5.69 Å². The van der Waals surface area contributed by atoms with Gasteiger partial charge in [0.25, 0.3) is 0 Å². The maximum Gasteiger partial charge on any atom is 0.165 e. The third-order valence-electron chi connectivity index (χ3n) is 2.15. The number of carbonyl (C=O) groups is 1. The molecule has 0 aliphatic carbocycles. The smallest absolute Gasteiger partial charge is 0.165 e. The minimum atomic E-state index is 0.0707. The lowest BCUT2D eigenvalue weighted by atomic mass is 10.00. The number of benzene rings is 1. The Bertz CT molecular complexity index is 359. The Balaban J connectivity index is 2.96. The van der Waals surface area contributed by atoms with Crippen molar-refractivity contribution < 1.29 is 9.53 Å². The summed E-state index contributed by atoms with van der Waals surface area (Å²) in [6.07, 6.45) is 0.511. The van der Waals surface area contributed by atoms with Gasteiger partial charge >= 0.3 is 0 Å². The van der Waals surface area contributed by atoms with E-state index in [0.29, 0.717) is 29.3 Å². The van der Waals surface area contributed by atoms with E-state index in [1.807, 2.05) is 13.8 Å². The predicted molar refractivity (Wildman–Crippen MR) is 61.2 cm³/mol. The van der Waals surface area contributed by atoms with E-state index in [4.69, 9.17) is 10.5 Å². The number of carbonyl (C=O) groups excluding carboxylic acids is 1. The van der Waals surface area contributed by atoms with Crippen LogP contribution in [0.1, 0.15) is 30.6 Å². The Morgan fingerprint density at radius 3 is 2.67 bits per heavy atom. The molecular weight excluding hydrogens is 190 g/mol. The molecule has 1 rings (SSSR count). The van der Waals surface area contributed by atoms with Gasteiger partial charge in [-0.15, -0.1) is 0 Å². The molecule has 0 unspecified atom stereocenters. The third-order valence-corrected chi connectivity index (χ3v) is 2.15. The Labute approximate surface area is 90.2 Å². The van der Waals surface area contributed by atoms with Crippen molar-refractivity contribution in [3.8, 4) is 5.75 Å². The Kier molecular flexibility index (Phi) is 3.72. The van der Waals surface area contributed by atoms with Gasteiger partial charge in [-0.25, -0.2) is 0 Å². The van der Waals surface area contributed by atoms with Crippen molar-refractivity contribution in [3.63, 3.8) is 0 Å². The summed E-state index contributed by atoms with van der Waals surface area (Å²) in [6.45, 7) is 4.02. The molecule has 0 amide bonds. The molecular formula is C12H17NO2. The molecule has 0 fully saturated rings. The molecule has 0 aliphatic heterocycles. The molecule has 0 saturated carbocycles. The van der Waals surface area contributed by atoms with Crippen molar-refractivity contribution in [2.24, 2.45) is 5.92 Å². The van der Waals surface area contributed by atoms with Crippen molar-refractivity contribution in [1.29, 1.82) is 0 Å². The van der Waals surface area contributed by atoms with Gasteiger partial charge in [0.2, 0.25) is 0 Å². The fraction of sp³-hybridized carbons (Fsp3) is 0.417. The highest BCUT2D eigenvalue weighted by Gasteiger charge is 2.12. The molecule has 3 heteroatoms. The second kappa shape index (κ2) is 4.82. The Morgan fingerprint density at radius 2 is 2.13 bits per heavy atom. The zero-order valence-electron chi connectivity index (χ0n) is 9.41. The van der Waals surface area contributed by atoms with E-state index in [1.165, 1.54) is 0 Å². The lowest BCUT2D eigenvalue weighted by Gasteiger charge is -2.08. The van der Waals surface area contributed by atoms with E-state index < -0.39 is 0 Å². The summed E-state index contributed by atoms with van der Waals surface area (Å²) in [6, 6.07) is 5.15. The van der Waals surface area contributed by atoms with Crippen LogP contribution in [0.5, 0.6) is 5.75 Å². The summed E-state index contributed by atoms with van der Waals surface area (Å²) >= 11 is 0. The molecule has 0 bridgehead atoms. The average Bonchev–Trinajstić information content (AvgIpc) is 2.17. The van der Waals surface area contributed by atoms with Crippen LogP contribution >= 0.6 is 0 Å². The van der Waals surface area contributed by atoms with Crippen LogP contribution in [0.3, 0.4) is 0 Å². The fourth-order valence-corrected chi connectivity index (χ4v) is 1.38. The van der Waals surface area contributed by atoms with Crippen LogP contribution in [0.25, 0.3) is 0 Å². The number of rotatable bonds is 4. The topological polar surface area (TPSA) is 52.3 Å².